The van der Waals surface area contributed by atoms with Crippen molar-refractivity contribution < 1.29 is 23.8 Å². The summed E-state index contributed by atoms with van der Waals surface area (Å²) in [6, 6.07) is 20.6. The number of alkyl carbamates (subject to hydrolysis) is 1. The third kappa shape index (κ3) is 5.18. The van der Waals surface area contributed by atoms with Crippen molar-refractivity contribution in [2.75, 3.05) is 0 Å². The molecule has 1 atom stereocenters. The highest BCUT2D eigenvalue weighted by molar-refractivity contribution is 6.30. The Labute approximate surface area is 202 Å². The molecule has 1 aliphatic carbocycles. The van der Waals surface area contributed by atoms with Crippen molar-refractivity contribution in [3.05, 3.63) is 82.9 Å². The molecule has 7 heteroatoms. The maximum absolute atomic E-state index is 12.1. The molecule has 1 saturated carbocycles. The van der Waals surface area contributed by atoms with E-state index in [4.69, 9.17) is 25.8 Å². The van der Waals surface area contributed by atoms with Gasteiger partial charge in [-0.25, -0.2) is 4.79 Å². The molecule has 174 valence electrons. The van der Waals surface area contributed by atoms with Gasteiger partial charge in [-0.3, -0.25) is 10.1 Å². The lowest BCUT2D eigenvalue weighted by atomic mass is 9.96. The summed E-state index contributed by atoms with van der Waals surface area (Å²) >= 11 is 5.97. The molecule has 0 aromatic heterocycles. The molecular weight excluding hydrogens is 454 g/mol. The molecule has 0 spiro atoms. The van der Waals surface area contributed by atoms with Gasteiger partial charge in [0.1, 0.15) is 23.0 Å². The summed E-state index contributed by atoms with van der Waals surface area (Å²) in [7, 11) is 0. The van der Waals surface area contributed by atoms with Crippen molar-refractivity contribution in [1.29, 1.82) is 0 Å². The molecule has 2 fully saturated rings. The van der Waals surface area contributed by atoms with Crippen LogP contribution in [0, 0.1) is 5.92 Å². The number of imide groups is 1. The molecule has 3 aromatic carbocycles. The minimum atomic E-state index is -1.23. The number of cyclic esters (lactones) is 1. The minimum Gasteiger partial charge on any atom is -0.457 e. The highest BCUT2D eigenvalue weighted by Gasteiger charge is 2.44. The van der Waals surface area contributed by atoms with Crippen LogP contribution < -0.4 is 14.8 Å². The lowest BCUT2D eigenvalue weighted by molar-refractivity contribution is -0.129. The summed E-state index contributed by atoms with van der Waals surface area (Å²) in [6.07, 6.45) is 2.89. The van der Waals surface area contributed by atoms with E-state index in [1.165, 1.54) is 12.8 Å². The van der Waals surface area contributed by atoms with Gasteiger partial charge in [-0.05, 0) is 97.8 Å². The predicted molar refractivity (Wildman–Crippen MR) is 128 cm³/mol. The number of ether oxygens (including phenoxy) is 3. The van der Waals surface area contributed by atoms with Gasteiger partial charge >= 0.3 is 6.09 Å². The van der Waals surface area contributed by atoms with Gasteiger partial charge in [-0.2, -0.15) is 0 Å². The smallest absolute Gasteiger partial charge is 0.415 e. The summed E-state index contributed by atoms with van der Waals surface area (Å²) in [5.41, 5.74) is 0.680. The lowest BCUT2D eigenvalue weighted by Crippen LogP contribution is -2.38. The van der Waals surface area contributed by atoms with E-state index >= 15 is 0 Å². The molecule has 2 amide bonds. The summed E-state index contributed by atoms with van der Waals surface area (Å²) in [4.78, 5) is 23.6. The number of hydrogen-bond donors (Lipinski definition) is 1. The molecule has 1 aliphatic heterocycles. The zero-order chi connectivity index (χ0) is 23.7. The molecule has 1 N–H and O–H groups in total. The predicted octanol–water partition coefficient (Wildman–Crippen LogP) is 6.44. The Hall–Kier alpha value is -3.51. The van der Waals surface area contributed by atoms with E-state index in [9.17, 15) is 9.59 Å². The van der Waals surface area contributed by atoms with Crippen molar-refractivity contribution in [2.45, 2.75) is 38.2 Å². The Morgan fingerprint density at radius 2 is 1.71 bits per heavy atom. The molecular formula is C27H24ClNO5. The number of halogens is 1. The Bertz CT molecular complexity index is 1240. The van der Waals surface area contributed by atoms with Crippen LogP contribution in [0.1, 0.15) is 30.9 Å². The van der Waals surface area contributed by atoms with E-state index in [2.05, 4.69) is 5.32 Å². The van der Waals surface area contributed by atoms with E-state index in [0.717, 1.165) is 29.0 Å². The number of carbonyl (C=O) groups is 2. The van der Waals surface area contributed by atoms with E-state index in [0.29, 0.717) is 22.4 Å². The number of nitrogens with one attached hydrogen (secondary N) is 1. The topological polar surface area (TPSA) is 73.9 Å². The molecule has 5 rings (SSSR count). The molecule has 34 heavy (non-hydrogen) atoms. The van der Waals surface area contributed by atoms with E-state index in [-0.39, 0.29) is 6.42 Å². The van der Waals surface area contributed by atoms with Crippen molar-refractivity contribution in [2.24, 2.45) is 5.92 Å². The largest absolute Gasteiger partial charge is 0.457 e. The number of benzene rings is 3. The second-order valence-corrected chi connectivity index (χ2v) is 9.41. The van der Waals surface area contributed by atoms with E-state index in [1.54, 1.807) is 19.1 Å². The molecule has 0 bridgehead atoms. The van der Waals surface area contributed by atoms with Gasteiger partial charge in [0, 0.05) is 11.4 Å². The normalized spacial score (nSPS) is 19.5. The quantitative estimate of drug-likeness (QED) is 0.404. The van der Waals surface area contributed by atoms with Crippen LogP contribution in [0.2, 0.25) is 5.02 Å². The first-order valence-corrected chi connectivity index (χ1v) is 11.6. The lowest BCUT2D eigenvalue weighted by Gasteiger charge is -2.19. The maximum Gasteiger partial charge on any atom is 0.415 e. The second-order valence-electron chi connectivity index (χ2n) is 8.97. The Morgan fingerprint density at radius 3 is 2.41 bits per heavy atom. The molecule has 6 nitrogen and oxygen atoms in total. The van der Waals surface area contributed by atoms with Gasteiger partial charge in [0.05, 0.1) is 0 Å². The zero-order valence-electron chi connectivity index (χ0n) is 18.7. The van der Waals surface area contributed by atoms with Gasteiger partial charge < -0.3 is 14.2 Å². The number of rotatable bonds is 8. The van der Waals surface area contributed by atoms with Crippen molar-refractivity contribution in [3.63, 3.8) is 0 Å². The van der Waals surface area contributed by atoms with Crippen LogP contribution in [-0.2, 0) is 22.4 Å². The fourth-order valence-electron chi connectivity index (χ4n) is 4.00. The average Bonchev–Trinajstić information content (AvgIpc) is 3.57. The van der Waals surface area contributed by atoms with Crippen LogP contribution in [-0.4, -0.2) is 17.6 Å². The van der Waals surface area contributed by atoms with Gasteiger partial charge in [-0.15, -0.1) is 0 Å². The van der Waals surface area contributed by atoms with Crippen LogP contribution >= 0.6 is 11.6 Å². The Balaban J connectivity index is 1.35. The van der Waals surface area contributed by atoms with Crippen LogP contribution in [0.15, 0.2) is 66.7 Å². The molecule has 0 radical (unpaired) electrons. The first-order valence-electron chi connectivity index (χ1n) is 11.2. The molecule has 3 aromatic rings. The summed E-state index contributed by atoms with van der Waals surface area (Å²) < 4.78 is 17.5. The highest BCUT2D eigenvalue weighted by atomic mass is 35.5. The van der Waals surface area contributed by atoms with Gasteiger partial charge in [0.25, 0.3) is 5.91 Å². The summed E-state index contributed by atoms with van der Waals surface area (Å²) in [5.74, 6) is 3.09. The first kappa shape index (κ1) is 22.3. The summed E-state index contributed by atoms with van der Waals surface area (Å²) in [5, 5.41) is 2.85. The summed E-state index contributed by atoms with van der Waals surface area (Å²) in [6.45, 7) is 1.61. The molecule has 1 saturated heterocycles. The maximum atomic E-state index is 12.1. The fraction of sp³-hybridized carbons (Fsp3) is 0.259. The Morgan fingerprint density at radius 1 is 0.971 bits per heavy atom. The number of carbonyl (C=O) groups excluding carboxylic acids is 2. The average molecular weight is 478 g/mol. The van der Waals surface area contributed by atoms with Gasteiger partial charge in [-0.1, -0.05) is 23.7 Å². The second kappa shape index (κ2) is 9.03. The third-order valence-corrected chi connectivity index (χ3v) is 6.22. The fourth-order valence-corrected chi connectivity index (χ4v) is 4.13. The van der Waals surface area contributed by atoms with Crippen molar-refractivity contribution in [1.82, 2.24) is 5.32 Å². The standard InChI is InChI=1S/C27H24ClNO5/c1-27(25(30)29-26(31)34-27)16-18-3-2-4-22(14-18)33-24-12-11-23(15-19(24)13-17-5-6-17)32-21-9-7-20(28)8-10-21/h2-4,7-12,14-15,17H,5-6,13,16H2,1H3,(H,29,30,31)/t27-/m1/s1. The Kier molecular flexibility index (Phi) is 5.92. The highest BCUT2D eigenvalue weighted by Crippen LogP contribution is 2.39. The van der Waals surface area contributed by atoms with E-state index in [1.807, 2.05) is 54.6 Å². The monoisotopic (exact) mass is 477 g/mol. The van der Waals surface area contributed by atoms with Crippen LogP contribution in [0.4, 0.5) is 4.79 Å². The molecule has 1 heterocycles. The van der Waals surface area contributed by atoms with Crippen LogP contribution in [0.3, 0.4) is 0 Å². The van der Waals surface area contributed by atoms with Gasteiger partial charge in [0.2, 0.25) is 0 Å². The van der Waals surface area contributed by atoms with Gasteiger partial charge in [0.15, 0.2) is 5.60 Å². The third-order valence-electron chi connectivity index (χ3n) is 5.97. The zero-order valence-corrected chi connectivity index (χ0v) is 19.4. The SMILES string of the molecule is C[C@]1(Cc2cccc(Oc3ccc(Oc4ccc(Cl)cc4)cc3CC3CC3)c2)OC(=O)NC1=O. The van der Waals surface area contributed by atoms with Crippen LogP contribution in [0.25, 0.3) is 0 Å². The van der Waals surface area contributed by atoms with Crippen LogP contribution in [0.5, 0.6) is 23.0 Å². The minimum absolute atomic E-state index is 0.255. The first-order chi connectivity index (χ1) is 16.4. The van der Waals surface area contributed by atoms with Crippen molar-refractivity contribution in [3.8, 4) is 23.0 Å². The molecule has 2 aliphatic rings. The number of hydrogen-bond acceptors (Lipinski definition) is 5. The van der Waals surface area contributed by atoms with E-state index < -0.39 is 17.6 Å². The number of amides is 2. The van der Waals surface area contributed by atoms with Crippen molar-refractivity contribution >= 4 is 23.6 Å². The molecule has 0 unspecified atom stereocenters.